The number of hydrazone groups is 1. The maximum absolute atomic E-state index is 14.0. The van der Waals surface area contributed by atoms with Crippen molar-refractivity contribution < 1.29 is 18.7 Å². The number of halogens is 3. The number of ether oxygens (including phenoxy) is 2. The molecule has 0 saturated carbocycles. The summed E-state index contributed by atoms with van der Waals surface area (Å²) in [7, 11) is 1.51. The first-order chi connectivity index (χ1) is 16.9. The zero-order valence-corrected chi connectivity index (χ0v) is 20.2. The molecule has 9 heteroatoms. The number of amides is 1. The summed E-state index contributed by atoms with van der Waals surface area (Å²) in [6, 6.07) is 14.0. The molecule has 6 nitrogen and oxygen atoms in total. The fourth-order valence-electron chi connectivity index (χ4n) is 3.16. The minimum absolute atomic E-state index is 0.116. The molecule has 1 amide bonds. The second kappa shape index (κ2) is 12.0. The Bertz CT molecular complexity index is 1340. The predicted molar refractivity (Wildman–Crippen MR) is 134 cm³/mol. The first-order valence-corrected chi connectivity index (χ1v) is 11.0. The average molecular weight is 512 g/mol. The zero-order chi connectivity index (χ0) is 25.4. The van der Waals surface area contributed by atoms with Gasteiger partial charge in [-0.25, -0.2) is 9.82 Å². The van der Waals surface area contributed by atoms with Gasteiger partial charge in [0.05, 0.1) is 30.5 Å². The van der Waals surface area contributed by atoms with Crippen molar-refractivity contribution in [2.24, 2.45) is 5.10 Å². The van der Waals surface area contributed by atoms with Crippen molar-refractivity contribution in [1.29, 1.82) is 5.26 Å². The number of allylic oxidation sites excluding steroid dienone is 1. The van der Waals surface area contributed by atoms with Gasteiger partial charge in [0.1, 0.15) is 12.4 Å². The highest BCUT2D eigenvalue weighted by molar-refractivity contribution is 6.35. The van der Waals surface area contributed by atoms with Crippen molar-refractivity contribution in [3.63, 3.8) is 0 Å². The Labute approximate surface area is 212 Å². The van der Waals surface area contributed by atoms with Crippen molar-refractivity contribution >= 4 is 35.3 Å². The first kappa shape index (κ1) is 25.8. The van der Waals surface area contributed by atoms with Crippen molar-refractivity contribution in [2.75, 3.05) is 7.11 Å². The Kier molecular flexibility index (Phi) is 8.85. The van der Waals surface area contributed by atoms with Crippen LogP contribution >= 0.6 is 23.2 Å². The molecule has 178 valence electrons. The van der Waals surface area contributed by atoms with Crippen LogP contribution in [0.2, 0.25) is 10.0 Å². The van der Waals surface area contributed by atoms with Gasteiger partial charge in [0.25, 0.3) is 5.91 Å². The van der Waals surface area contributed by atoms with E-state index in [0.29, 0.717) is 33.5 Å². The van der Waals surface area contributed by atoms with Crippen molar-refractivity contribution in [2.45, 2.75) is 13.0 Å². The third kappa shape index (κ3) is 6.60. The summed E-state index contributed by atoms with van der Waals surface area (Å²) in [6.07, 6.45) is 3.59. The number of carbonyl (C=O) groups excluding carboxylic acids is 1. The number of rotatable bonds is 9. The summed E-state index contributed by atoms with van der Waals surface area (Å²) in [5, 5.41) is 13.7. The second-order valence-corrected chi connectivity index (χ2v) is 8.08. The Hall–Kier alpha value is -3.86. The van der Waals surface area contributed by atoms with E-state index < -0.39 is 11.7 Å². The number of nitrogens with one attached hydrogen (secondary N) is 1. The van der Waals surface area contributed by atoms with Gasteiger partial charge in [0, 0.05) is 21.2 Å². The highest BCUT2D eigenvalue weighted by Gasteiger charge is 2.15. The molecule has 35 heavy (non-hydrogen) atoms. The van der Waals surface area contributed by atoms with E-state index in [9.17, 15) is 9.18 Å². The molecule has 0 spiro atoms. The van der Waals surface area contributed by atoms with Crippen LogP contribution in [0, 0.1) is 17.1 Å². The largest absolute Gasteiger partial charge is 0.493 e. The van der Waals surface area contributed by atoms with Crippen LogP contribution in [0.5, 0.6) is 11.5 Å². The molecule has 0 radical (unpaired) electrons. The molecule has 0 aliphatic heterocycles. The molecule has 0 atom stereocenters. The molecule has 0 heterocycles. The van der Waals surface area contributed by atoms with Crippen LogP contribution in [0.1, 0.15) is 32.6 Å². The van der Waals surface area contributed by atoms with Crippen LogP contribution < -0.4 is 14.9 Å². The first-order valence-electron chi connectivity index (χ1n) is 10.3. The van der Waals surface area contributed by atoms with E-state index in [1.165, 1.54) is 25.5 Å². The summed E-state index contributed by atoms with van der Waals surface area (Å²) in [4.78, 5) is 12.2. The highest BCUT2D eigenvalue weighted by atomic mass is 35.5. The van der Waals surface area contributed by atoms with Gasteiger partial charge >= 0.3 is 0 Å². The van der Waals surface area contributed by atoms with E-state index in [1.54, 1.807) is 36.4 Å². The molecule has 3 rings (SSSR count). The van der Waals surface area contributed by atoms with E-state index >= 15 is 0 Å². The Morgan fingerprint density at radius 2 is 2.00 bits per heavy atom. The molecule has 3 aromatic rings. The van der Waals surface area contributed by atoms with Gasteiger partial charge in [-0.3, -0.25) is 4.79 Å². The standard InChI is InChI=1S/C26H20Cl2FN3O3/c1-3-4-18-9-17(14-31-32-26(33)21-8-5-16(13-30)10-23(21)29)11-24(34-2)25(18)35-15-19-6-7-20(27)12-22(19)28/h3,5-12,14H,1,4,15H2,2H3,(H,32,33)/b31-14-. The van der Waals surface area contributed by atoms with Crippen LogP contribution in [-0.2, 0) is 13.0 Å². The summed E-state index contributed by atoms with van der Waals surface area (Å²) in [5.74, 6) is -0.602. The van der Waals surface area contributed by atoms with Gasteiger partial charge in [-0.2, -0.15) is 10.4 Å². The van der Waals surface area contributed by atoms with Crippen molar-refractivity contribution in [1.82, 2.24) is 5.43 Å². The second-order valence-electron chi connectivity index (χ2n) is 7.23. The van der Waals surface area contributed by atoms with Gasteiger partial charge < -0.3 is 9.47 Å². The lowest BCUT2D eigenvalue weighted by Gasteiger charge is -2.16. The SMILES string of the molecule is C=CCc1cc(/C=N\NC(=O)c2ccc(C#N)cc2F)cc(OC)c1OCc1ccc(Cl)cc1Cl. The molecule has 0 saturated heterocycles. The molecule has 3 aromatic carbocycles. The van der Waals surface area contributed by atoms with Crippen LogP contribution in [0.3, 0.4) is 0 Å². The maximum Gasteiger partial charge on any atom is 0.274 e. The molecule has 0 aromatic heterocycles. The monoisotopic (exact) mass is 511 g/mol. The quantitative estimate of drug-likeness (QED) is 0.214. The number of nitrogens with zero attached hydrogens (tertiary/aromatic N) is 2. The Balaban J connectivity index is 1.79. The van der Waals surface area contributed by atoms with Gasteiger partial charge in [-0.05, 0) is 54.4 Å². The van der Waals surface area contributed by atoms with Crippen LogP contribution in [-0.4, -0.2) is 19.2 Å². The number of benzene rings is 3. The van der Waals surface area contributed by atoms with Crippen LogP contribution in [0.15, 0.2) is 66.3 Å². The van der Waals surface area contributed by atoms with Gasteiger partial charge in [-0.1, -0.05) is 35.3 Å². The maximum atomic E-state index is 14.0. The minimum atomic E-state index is -0.811. The zero-order valence-electron chi connectivity index (χ0n) is 18.6. The van der Waals surface area contributed by atoms with E-state index in [1.807, 2.05) is 6.07 Å². The van der Waals surface area contributed by atoms with Gasteiger partial charge in [-0.15, -0.1) is 6.58 Å². The van der Waals surface area contributed by atoms with E-state index in [4.69, 9.17) is 37.9 Å². The Morgan fingerprint density at radius 3 is 2.66 bits per heavy atom. The predicted octanol–water partition coefficient (Wildman–Crippen LogP) is 6.08. The average Bonchev–Trinajstić information content (AvgIpc) is 2.84. The number of carbonyl (C=O) groups is 1. The molecule has 0 aliphatic carbocycles. The molecular formula is C26H20Cl2FN3O3. The van der Waals surface area contributed by atoms with E-state index in [0.717, 1.165) is 17.2 Å². The normalized spacial score (nSPS) is 10.6. The lowest BCUT2D eigenvalue weighted by atomic mass is 10.1. The molecule has 0 unspecified atom stereocenters. The third-order valence-corrected chi connectivity index (χ3v) is 5.43. The summed E-state index contributed by atoms with van der Waals surface area (Å²) in [5.41, 5.74) is 4.30. The fourth-order valence-corrected chi connectivity index (χ4v) is 3.63. The smallest absolute Gasteiger partial charge is 0.274 e. The highest BCUT2D eigenvalue weighted by Crippen LogP contribution is 2.34. The van der Waals surface area contributed by atoms with Gasteiger partial charge in [0.15, 0.2) is 11.5 Å². The molecule has 0 fully saturated rings. The number of hydrogen-bond acceptors (Lipinski definition) is 5. The van der Waals surface area contributed by atoms with Crippen molar-refractivity contribution in [3.05, 3.63) is 105 Å². The topological polar surface area (TPSA) is 83.7 Å². The summed E-state index contributed by atoms with van der Waals surface area (Å²) in [6.45, 7) is 3.98. The molecule has 0 bridgehead atoms. The lowest BCUT2D eigenvalue weighted by Crippen LogP contribution is -2.19. The molecular weight excluding hydrogens is 492 g/mol. The van der Waals surface area contributed by atoms with E-state index in [-0.39, 0.29) is 17.7 Å². The third-order valence-electron chi connectivity index (χ3n) is 4.85. The molecule has 1 N–H and O–H groups in total. The van der Waals surface area contributed by atoms with Crippen LogP contribution in [0.4, 0.5) is 4.39 Å². The summed E-state index contributed by atoms with van der Waals surface area (Å²) >= 11 is 12.2. The lowest BCUT2D eigenvalue weighted by molar-refractivity contribution is 0.0951. The number of hydrogen-bond donors (Lipinski definition) is 1. The van der Waals surface area contributed by atoms with E-state index in [2.05, 4.69) is 17.1 Å². The Morgan fingerprint density at radius 1 is 1.20 bits per heavy atom. The molecule has 0 aliphatic rings. The number of methoxy groups -OCH3 is 1. The van der Waals surface area contributed by atoms with Gasteiger partial charge in [0.2, 0.25) is 0 Å². The van der Waals surface area contributed by atoms with Crippen LogP contribution in [0.25, 0.3) is 0 Å². The van der Waals surface area contributed by atoms with Crippen molar-refractivity contribution in [3.8, 4) is 17.6 Å². The summed E-state index contributed by atoms with van der Waals surface area (Å²) < 4.78 is 25.6. The number of nitriles is 1. The minimum Gasteiger partial charge on any atom is -0.493 e. The fraction of sp³-hybridized carbons (Fsp3) is 0.115.